The number of rotatable bonds is 1. The molecule has 2 heterocycles. The van der Waals surface area contributed by atoms with E-state index in [1.165, 1.54) is 6.07 Å². The fourth-order valence-electron chi connectivity index (χ4n) is 3.40. The Morgan fingerprint density at radius 1 is 1.17 bits per heavy atom. The van der Waals surface area contributed by atoms with Crippen molar-refractivity contribution in [1.29, 1.82) is 0 Å². The van der Waals surface area contributed by atoms with Crippen LogP contribution >= 0.6 is 0 Å². The Balaban J connectivity index is 1.92. The van der Waals surface area contributed by atoms with Crippen molar-refractivity contribution in [3.8, 4) is 0 Å². The number of hydrogen-bond acceptors (Lipinski definition) is 1. The van der Waals surface area contributed by atoms with Gasteiger partial charge in [-0.3, -0.25) is 4.79 Å². The number of carbonyl (C=O) groups excluding carboxylic acids is 1. The van der Waals surface area contributed by atoms with Gasteiger partial charge in [-0.1, -0.05) is 12.1 Å². The number of fused-ring (bicyclic) bond motifs is 1. The molecule has 18 heavy (non-hydrogen) atoms. The van der Waals surface area contributed by atoms with Crippen molar-refractivity contribution in [3.63, 3.8) is 0 Å². The maximum absolute atomic E-state index is 13.3. The minimum absolute atomic E-state index is 0.0900. The van der Waals surface area contributed by atoms with E-state index in [0.29, 0.717) is 12.5 Å². The van der Waals surface area contributed by atoms with Crippen LogP contribution in [0, 0.1) is 5.82 Å². The molecule has 2 atom stereocenters. The Bertz CT molecular complexity index is 458. The lowest BCUT2D eigenvalue weighted by Crippen LogP contribution is -2.48. The van der Waals surface area contributed by atoms with Crippen LogP contribution < -0.4 is 0 Å². The smallest absolute Gasteiger partial charge is 0.223 e. The molecule has 1 aromatic rings. The van der Waals surface area contributed by atoms with Gasteiger partial charge in [-0.25, -0.2) is 4.39 Å². The summed E-state index contributed by atoms with van der Waals surface area (Å²) in [6.45, 7) is 0. The maximum atomic E-state index is 13.3. The molecule has 0 radical (unpaired) electrons. The van der Waals surface area contributed by atoms with Crippen molar-refractivity contribution in [3.05, 3.63) is 35.6 Å². The predicted octanol–water partition coefficient (Wildman–Crippen LogP) is 3.43. The van der Waals surface area contributed by atoms with Crippen molar-refractivity contribution in [2.75, 3.05) is 0 Å². The van der Waals surface area contributed by atoms with Crippen LogP contribution in [0.2, 0.25) is 0 Å². The lowest BCUT2D eigenvalue weighted by atomic mass is 9.86. The summed E-state index contributed by atoms with van der Waals surface area (Å²) in [5, 5.41) is 0. The summed E-state index contributed by atoms with van der Waals surface area (Å²) in [4.78, 5) is 14.2. The Kier molecular flexibility index (Phi) is 3.06. The van der Waals surface area contributed by atoms with Crippen LogP contribution in [0.1, 0.15) is 50.1 Å². The summed E-state index contributed by atoms with van der Waals surface area (Å²) in [6.07, 6.45) is 5.98. The molecule has 0 unspecified atom stereocenters. The number of nitrogens with zero attached hydrogens (tertiary/aromatic N) is 1. The molecule has 2 fully saturated rings. The number of amides is 1. The summed E-state index contributed by atoms with van der Waals surface area (Å²) in [5.41, 5.74) is 0.954. The summed E-state index contributed by atoms with van der Waals surface area (Å²) in [7, 11) is 0. The van der Waals surface area contributed by atoms with E-state index in [1.807, 2.05) is 11.0 Å². The third-order valence-corrected chi connectivity index (χ3v) is 4.19. The van der Waals surface area contributed by atoms with E-state index >= 15 is 0 Å². The maximum Gasteiger partial charge on any atom is 0.223 e. The average molecular weight is 247 g/mol. The lowest BCUT2D eigenvalue weighted by Gasteiger charge is -2.45. The van der Waals surface area contributed by atoms with Crippen LogP contribution in [0.5, 0.6) is 0 Å². The van der Waals surface area contributed by atoms with Gasteiger partial charge < -0.3 is 4.90 Å². The van der Waals surface area contributed by atoms with Gasteiger partial charge >= 0.3 is 0 Å². The number of piperidine rings is 2. The molecule has 3 rings (SSSR count). The number of carbonyl (C=O) groups is 1. The largest absolute Gasteiger partial charge is 0.333 e. The second-order valence-corrected chi connectivity index (χ2v) is 5.35. The van der Waals surface area contributed by atoms with E-state index in [-0.39, 0.29) is 17.8 Å². The van der Waals surface area contributed by atoms with Crippen molar-refractivity contribution in [2.24, 2.45) is 0 Å². The van der Waals surface area contributed by atoms with E-state index in [2.05, 4.69) is 0 Å². The first-order valence-electron chi connectivity index (χ1n) is 6.82. The van der Waals surface area contributed by atoms with Gasteiger partial charge in [0.1, 0.15) is 5.82 Å². The minimum atomic E-state index is -0.209. The Hall–Kier alpha value is -1.38. The van der Waals surface area contributed by atoms with Crippen molar-refractivity contribution >= 4 is 5.91 Å². The van der Waals surface area contributed by atoms with Gasteiger partial charge in [0.25, 0.3) is 0 Å². The molecule has 0 aromatic heterocycles. The Labute approximate surface area is 107 Å². The fraction of sp³-hybridized carbons (Fsp3) is 0.533. The van der Waals surface area contributed by atoms with E-state index in [0.717, 1.165) is 37.7 Å². The zero-order chi connectivity index (χ0) is 12.5. The van der Waals surface area contributed by atoms with Crippen LogP contribution in [0.4, 0.5) is 4.39 Å². The lowest BCUT2D eigenvalue weighted by molar-refractivity contribution is -0.142. The highest BCUT2D eigenvalue weighted by Gasteiger charge is 2.36. The zero-order valence-electron chi connectivity index (χ0n) is 10.4. The van der Waals surface area contributed by atoms with Crippen LogP contribution in [-0.2, 0) is 4.79 Å². The van der Waals surface area contributed by atoms with E-state index in [4.69, 9.17) is 0 Å². The predicted molar refractivity (Wildman–Crippen MR) is 67.5 cm³/mol. The number of halogens is 1. The molecule has 2 aliphatic rings. The first-order chi connectivity index (χ1) is 8.75. The second-order valence-electron chi connectivity index (χ2n) is 5.35. The van der Waals surface area contributed by atoms with Gasteiger partial charge in [0.15, 0.2) is 0 Å². The Morgan fingerprint density at radius 2 is 2.00 bits per heavy atom. The van der Waals surface area contributed by atoms with Crippen LogP contribution in [0.25, 0.3) is 0 Å². The third-order valence-electron chi connectivity index (χ3n) is 4.19. The standard InChI is InChI=1S/C15H18FNO/c16-12-5-1-4-11(10-12)14-8-2-6-13-7-3-9-15(18)17(13)14/h1,4-5,10,13-14H,2-3,6-9H2/t13-,14+/m0/s1. The molecule has 96 valence electrons. The number of benzene rings is 1. The molecular formula is C15H18FNO. The highest BCUT2D eigenvalue weighted by molar-refractivity contribution is 5.78. The molecule has 0 bridgehead atoms. The third kappa shape index (κ3) is 2.02. The first-order valence-corrected chi connectivity index (χ1v) is 6.82. The molecule has 0 spiro atoms. The molecule has 1 amide bonds. The summed E-state index contributed by atoms with van der Waals surface area (Å²) >= 11 is 0. The van der Waals surface area contributed by atoms with Gasteiger partial charge in [-0.2, -0.15) is 0 Å². The van der Waals surface area contributed by atoms with E-state index < -0.39 is 0 Å². The van der Waals surface area contributed by atoms with Gasteiger partial charge in [0, 0.05) is 12.5 Å². The number of hydrogen-bond donors (Lipinski definition) is 0. The molecule has 2 saturated heterocycles. The highest BCUT2D eigenvalue weighted by Crippen LogP contribution is 2.39. The Morgan fingerprint density at radius 3 is 2.83 bits per heavy atom. The van der Waals surface area contributed by atoms with Crippen LogP contribution in [-0.4, -0.2) is 16.8 Å². The second kappa shape index (κ2) is 4.71. The topological polar surface area (TPSA) is 20.3 Å². The quantitative estimate of drug-likeness (QED) is 0.744. The minimum Gasteiger partial charge on any atom is -0.333 e. The molecule has 0 aliphatic carbocycles. The van der Waals surface area contributed by atoms with Crippen molar-refractivity contribution in [1.82, 2.24) is 4.90 Å². The van der Waals surface area contributed by atoms with Gasteiger partial charge in [0.2, 0.25) is 5.91 Å². The van der Waals surface area contributed by atoms with Gasteiger partial charge in [0.05, 0.1) is 6.04 Å². The highest BCUT2D eigenvalue weighted by atomic mass is 19.1. The van der Waals surface area contributed by atoms with Gasteiger partial charge in [-0.15, -0.1) is 0 Å². The fourth-order valence-corrected chi connectivity index (χ4v) is 3.40. The summed E-state index contributed by atoms with van der Waals surface area (Å²) in [5.74, 6) is 0.0410. The normalized spacial score (nSPS) is 28.1. The van der Waals surface area contributed by atoms with Crippen molar-refractivity contribution in [2.45, 2.75) is 50.6 Å². The zero-order valence-corrected chi connectivity index (χ0v) is 10.4. The molecule has 3 heteroatoms. The monoisotopic (exact) mass is 247 g/mol. The first kappa shape index (κ1) is 11.7. The van der Waals surface area contributed by atoms with Gasteiger partial charge in [-0.05, 0) is 49.8 Å². The van der Waals surface area contributed by atoms with Crippen LogP contribution in [0.15, 0.2) is 24.3 Å². The molecule has 2 nitrogen and oxygen atoms in total. The molecular weight excluding hydrogens is 229 g/mol. The SMILES string of the molecule is O=C1CCC[C@@H]2CCC[C@H](c3cccc(F)c3)N12. The summed E-state index contributed by atoms with van der Waals surface area (Å²) < 4.78 is 13.3. The van der Waals surface area contributed by atoms with E-state index in [9.17, 15) is 9.18 Å². The molecule has 0 saturated carbocycles. The molecule has 2 aliphatic heterocycles. The van der Waals surface area contributed by atoms with Crippen molar-refractivity contribution < 1.29 is 9.18 Å². The van der Waals surface area contributed by atoms with Crippen LogP contribution in [0.3, 0.4) is 0 Å². The molecule has 0 N–H and O–H groups in total. The van der Waals surface area contributed by atoms with E-state index in [1.54, 1.807) is 12.1 Å². The molecule has 1 aromatic carbocycles. The summed E-state index contributed by atoms with van der Waals surface area (Å²) in [6, 6.07) is 7.19. The average Bonchev–Trinajstić information content (AvgIpc) is 2.38.